The van der Waals surface area contributed by atoms with Crippen LogP contribution in [-0.4, -0.2) is 38.9 Å². The molecule has 0 aromatic rings. The first-order valence-corrected chi connectivity index (χ1v) is 3.43. The van der Waals surface area contributed by atoms with E-state index < -0.39 is 0 Å². The van der Waals surface area contributed by atoms with E-state index in [4.69, 9.17) is 0 Å². The van der Waals surface area contributed by atoms with Crippen LogP contribution in [0, 0.1) is 0 Å². The molecule has 0 radical (unpaired) electrons. The molecule has 0 amide bonds. The summed E-state index contributed by atoms with van der Waals surface area (Å²) >= 11 is 0. The van der Waals surface area contributed by atoms with Crippen LogP contribution in [0.2, 0.25) is 0 Å². The molecule has 62 valence electrons. The van der Waals surface area contributed by atoms with E-state index in [9.17, 15) is 4.79 Å². The Bertz CT molecular complexity index is 64.6. The van der Waals surface area contributed by atoms with Crippen LogP contribution in [0.25, 0.3) is 0 Å². The van der Waals surface area contributed by atoms with E-state index in [1.165, 1.54) is 7.05 Å². The zero-order valence-electron chi connectivity index (χ0n) is 7.13. The van der Waals surface area contributed by atoms with Crippen LogP contribution in [0.3, 0.4) is 0 Å². The van der Waals surface area contributed by atoms with E-state index in [1.54, 1.807) is 0 Å². The standard InChI is InChI=1S/C6H13NO.CH5N/c1-7(2)5-3-4-6-8;1-2/h6H,3-5H2,1-2H3;2H2,1H3. The van der Waals surface area contributed by atoms with E-state index in [2.05, 4.69) is 10.6 Å². The van der Waals surface area contributed by atoms with Crippen LogP contribution in [0.5, 0.6) is 0 Å². The van der Waals surface area contributed by atoms with Gasteiger partial charge < -0.3 is 15.4 Å². The molecule has 10 heavy (non-hydrogen) atoms. The minimum Gasteiger partial charge on any atom is -0.333 e. The van der Waals surface area contributed by atoms with Gasteiger partial charge in [0.15, 0.2) is 0 Å². The van der Waals surface area contributed by atoms with Crippen molar-refractivity contribution < 1.29 is 4.79 Å². The number of unbranched alkanes of at least 4 members (excludes halogenated alkanes) is 1. The number of carbonyl (C=O) groups is 1. The van der Waals surface area contributed by atoms with E-state index >= 15 is 0 Å². The second kappa shape index (κ2) is 11.4. The second-order valence-corrected chi connectivity index (χ2v) is 2.11. The van der Waals surface area contributed by atoms with E-state index in [-0.39, 0.29) is 0 Å². The Morgan fingerprint density at radius 1 is 1.40 bits per heavy atom. The largest absolute Gasteiger partial charge is 0.333 e. The average Bonchev–Trinajstić information content (AvgIpc) is 1.92. The van der Waals surface area contributed by atoms with Gasteiger partial charge in [0, 0.05) is 6.42 Å². The van der Waals surface area contributed by atoms with Gasteiger partial charge in [-0.3, -0.25) is 0 Å². The first-order chi connectivity index (χ1) is 4.77. The Labute approximate surface area is 63.2 Å². The third kappa shape index (κ3) is 15.6. The fraction of sp³-hybridized carbons (Fsp3) is 0.857. The van der Waals surface area contributed by atoms with Crippen molar-refractivity contribution in [2.24, 2.45) is 5.73 Å². The molecule has 0 bridgehead atoms. The van der Waals surface area contributed by atoms with Gasteiger partial charge in [-0.15, -0.1) is 0 Å². The molecule has 0 aromatic heterocycles. The maximum atomic E-state index is 9.77. The smallest absolute Gasteiger partial charge is 0.120 e. The van der Waals surface area contributed by atoms with Gasteiger partial charge in [0.2, 0.25) is 0 Å². The number of carbonyl (C=O) groups excluding carboxylic acids is 1. The molecule has 0 aliphatic rings. The summed E-state index contributed by atoms with van der Waals surface area (Å²) in [7, 11) is 5.51. The predicted octanol–water partition coefficient (Wildman–Crippen LogP) is 0.102. The van der Waals surface area contributed by atoms with Gasteiger partial charge >= 0.3 is 0 Å². The Balaban J connectivity index is 0. The first kappa shape index (κ1) is 12.3. The van der Waals surface area contributed by atoms with Crippen LogP contribution < -0.4 is 5.73 Å². The van der Waals surface area contributed by atoms with E-state index in [1.807, 2.05) is 14.1 Å². The second-order valence-electron chi connectivity index (χ2n) is 2.11. The zero-order valence-corrected chi connectivity index (χ0v) is 7.13. The van der Waals surface area contributed by atoms with Gasteiger partial charge in [-0.1, -0.05) is 0 Å². The minimum absolute atomic E-state index is 0.693. The molecule has 0 heterocycles. The Morgan fingerprint density at radius 3 is 2.20 bits per heavy atom. The van der Waals surface area contributed by atoms with Crippen molar-refractivity contribution in [1.82, 2.24) is 4.90 Å². The summed E-state index contributed by atoms with van der Waals surface area (Å²) in [6, 6.07) is 0. The highest BCUT2D eigenvalue weighted by Crippen LogP contribution is 1.84. The maximum absolute atomic E-state index is 9.77. The van der Waals surface area contributed by atoms with E-state index in [0.29, 0.717) is 6.42 Å². The number of aldehydes is 1. The van der Waals surface area contributed by atoms with Crippen LogP contribution >= 0.6 is 0 Å². The third-order valence-corrected chi connectivity index (χ3v) is 0.927. The van der Waals surface area contributed by atoms with Crippen molar-refractivity contribution >= 4 is 6.29 Å². The molecule has 0 saturated heterocycles. The number of hydrogen-bond acceptors (Lipinski definition) is 3. The summed E-state index contributed by atoms with van der Waals surface area (Å²) in [4.78, 5) is 11.8. The summed E-state index contributed by atoms with van der Waals surface area (Å²) in [5.41, 5.74) is 4.50. The molecular weight excluding hydrogens is 128 g/mol. The quantitative estimate of drug-likeness (QED) is 0.452. The summed E-state index contributed by atoms with van der Waals surface area (Å²) in [6.45, 7) is 1.01. The lowest BCUT2D eigenvalue weighted by atomic mass is 10.3. The van der Waals surface area contributed by atoms with Crippen LogP contribution in [0.4, 0.5) is 0 Å². The molecule has 0 fully saturated rings. The number of nitrogens with zero attached hydrogens (tertiary/aromatic N) is 1. The van der Waals surface area contributed by atoms with Gasteiger partial charge in [-0.05, 0) is 34.1 Å². The predicted molar refractivity (Wildman–Crippen MR) is 44.0 cm³/mol. The van der Waals surface area contributed by atoms with Gasteiger partial charge in [-0.2, -0.15) is 0 Å². The summed E-state index contributed by atoms with van der Waals surface area (Å²) in [5, 5.41) is 0. The third-order valence-electron chi connectivity index (χ3n) is 0.927. The summed E-state index contributed by atoms with van der Waals surface area (Å²) in [5.74, 6) is 0. The zero-order chi connectivity index (χ0) is 8.41. The van der Waals surface area contributed by atoms with Crippen LogP contribution in [0.15, 0.2) is 0 Å². The average molecular weight is 146 g/mol. The summed E-state index contributed by atoms with van der Waals surface area (Å²) in [6.07, 6.45) is 2.64. The fourth-order valence-corrected chi connectivity index (χ4v) is 0.491. The lowest BCUT2D eigenvalue weighted by molar-refractivity contribution is -0.107. The van der Waals surface area contributed by atoms with Crippen molar-refractivity contribution in [2.75, 3.05) is 27.7 Å². The monoisotopic (exact) mass is 146 g/mol. The highest BCUT2D eigenvalue weighted by atomic mass is 16.1. The van der Waals surface area contributed by atoms with Crippen molar-refractivity contribution in [1.29, 1.82) is 0 Å². The molecule has 0 aromatic carbocycles. The Hall–Kier alpha value is -0.410. The van der Waals surface area contributed by atoms with Gasteiger partial charge in [-0.25, -0.2) is 0 Å². The van der Waals surface area contributed by atoms with Gasteiger partial charge in [0.25, 0.3) is 0 Å². The number of nitrogens with two attached hydrogens (primary N) is 1. The van der Waals surface area contributed by atoms with Crippen LogP contribution in [-0.2, 0) is 4.79 Å². The molecule has 3 heteroatoms. The summed E-state index contributed by atoms with van der Waals surface area (Å²) < 4.78 is 0. The van der Waals surface area contributed by atoms with Crippen molar-refractivity contribution in [3.8, 4) is 0 Å². The molecular formula is C7H18N2O. The highest BCUT2D eigenvalue weighted by Gasteiger charge is 1.86. The maximum Gasteiger partial charge on any atom is 0.120 e. The molecule has 2 N–H and O–H groups in total. The molecule has 3 nitrogen and oxygen atoms in total. The molecule has 0 aliphatic heterocycles. The number of rotatable bonds is 4. The molecule has 0 aliphatic carbocycles. The van der Waals surface area contributed by atoms with E-state index in [0.717, 1.165) is 19.3 Å². The normalized spacial score (nSPS) is 8.50. The lowest BCUT2D eigenvalue weighted by Gasteiger charge is -2.05. The minimum atomic E-state index is 0.693. The molecule has 0 rings (SSSR count). The molecule has 0 spiro atoms. The molecule has 0 saturated carbocycles. The Morgan fingerprint density at radius 2 is 1.90 bits per heavy atom. The lowest BCUT2D eigenvalue weighted by Crippen LogP contribution is -2.12. The fourth-order valence-electron chi connectivity index (χ4n) is 0.491. The van der Waals surface area contributed by atoms with Gasteiger partial charge in [0.05, 0.1) is 0 Å². The number of hydrogen-bond donors (Lipinski definition) is 1. The molecule has 0 unspecified atom stereocenters. The topological polar surface area (TPSA) is 46.3 Å². The SMILES string of the molecule is CN.CN(C)CCCC=O. The van der Waals surface area contributed by atoms with Crippen molar-refractivity contribution in [3.63, 3.8) is 0 Å². The van der Waals surface area contributed by atoms with Crippen molar-refractivity contribution in [2.45, 2.75) is 12.8 Å². The van der Waals surface area contributed by atoms with Crippen LogP contribution in [0.1, 0.15) is 12.8 Å². The first-order valence-electron chi connectivity index (χ1n) is 3.43. The molecule has 0 atom stereocenters. The highest BCUT2D eigenvalue weighted by molar-refractivity contribution is 5.48. The van der Waals surface area contributed by atoms with Crippen molar-refractivity contribution in [3.05, 3.63) is 0 Å². The van der Waals surface area contributed by atoms with Gasteiger partial charge in [0.1, 0.15) is 6.29 Å². The Kier molecular flexibility index (Phi) is 14.0.